The Morgan fingerprint density at radius 1 is 0.962 bits per heavy atom. The molecule has 26 heavy (non-hydrogen) atoms. The molecule has 1 aliphatic rings. The second-order valence-corrected chi connectivity index (χ2v) is 8.01. The average molecular weight is 366 g/mol. The molecular weight excluding hydrogens is 324 g/mol. The van der Waals surface area contributed by atoms with Crippen molar-refractivity contribution in [2.24, 2.45) is 4.99 Å². The van der Waals surface area contributed by atoms with Gasteiger partial charge in [0.15, 0.2) is 6.04 Å². The van der Waals surface area contributed by atoms with Gasteiger partial charge in [-0.1, -0.05) is 84.0 Å². The molecule has 0 spiro atoms. The van der Waals surface area contributed by atoms with Crippen LogP contribution >= 0.6 is 0 Å². The fourth-order valence-electron chi connectivity index (χ4n) is 3.82. The SMILES string of the molecule is CCCCCCCCCCCCCCCC(C(=O)O)[N+]1(C)C=CN=C1C. The van der Waals surface area contributed by atoms with Crippen molar-refractivity contribution in [3.8, 4) is 0 Å². The van der Waals surface area contributed by atoms with Crippen molar-refractivity contribution in [2.75, 3.05) is 7.05 Å². The molecule has 0 radical (unpaired) electrons. The number of rotatable bonds is 16. The normalized spacial score (nSPS) is 20.3. The molecule has 1 heterocycles. The van der Waals surface area contributed by atoms with Gasteiger partial charge in [-0.25, -0.2) is 14.3 Å². The molecule has 150 valence electrons. The van der Waals surface area contributed by atoms with Crippen molar-refractivity contribution >= 4 is 11.8 Å². The van der Waals surface area contributed by atoms with Crippen molar-refractivity contribution in [1.29, 1.82) is 0 Å². The van der Waals surface area contributed by atoms with Crippen LogP contribution in [0.25, 0.3) is 0 Å². The Balaban J connectivity index is 2.03. The maximum atomic E-state index is 11.7. The van der Waals surface area contributed by atoms with Crippen molar-refractivity contribution in [3.63, 3.8) is 0 Å². The first kappa shape index (κ1) is 22.9. The molecule has 0 aromatic carbocycles. The molecule has 1 rings (SSSR count). The van der Waals surface area contributed by atoms with Gasteiger partial charge in [-0.15, -0.1) is 0 Å². The van der Waals surface area contributed by atoms with Crippen molar-refractivity contribution < 1.29 is 14.4 Å². The van der Waals surface area contributed by atoms with Gasteiger partial charge in [0, 0.05) is 13.3 Å². The first-order valence-corrected chi connectivity index (χ1v) is 10.8. The number of amidine groups is 1. The van der Waals surface area contributed by atoms with E-state index in [1.54, 1.807) is 6.20 Å². The third kappa shape index (κ3) is 8.03. The summed E-state index contributed by atoms with van der Waals surface area (Å²) in [6, 6.07) is -0.412. The number of carboxylic acids is 1. The number of quaternary nitrogens is 1. The van der Waals surface area contributed by atoms with Crippen LogP contribution in [0.2, 0.25) is 0 Å². The highest BCUT2D eigenvalue weighted by Gasteiger charge is 2.41. The van der Waals surface area contributed by atoms with E-state index >= 15 is 0 Å². The number of aliphatic imine (C=N–C) groups is 1. The van der Waals surface area contributed by atoms with Crippen LogP contribution in [-0.4, -0.2) is 34.5 Å². The molecule has 4 nitrogen and oxygen atoms in total. The molecule has 0 fully saturated rings. The van der Waals surface area contributed by atoms with E-state index in [9.17, 15) is 9.90 Å². The lowest BCUT2D eigenvalue weighted by Crippen LogP contribution is -2.53. The standard InChI is InChI=1S/C22H40N2O2/c1-4-5-6-7-8-9-10-11-12-13-14-15-16-17-21(22(25)26)24(3)19-18-23-20(24)2/h18-19,21H,4-17H2,1-3H3/p+1. The van der Waals surface area contributed by atoms with E-state index in [4.69, 9.17) is 0 Å². The predicted molar refractivity (Wildman–Crippen MR) is 110 cm³/mol. The minimum atomic E-state index is -0.715. The molecule has 1 N–H and O–H groups in total. The highest BCUT2D eigenvalue weighted by molar-refractivity contribution is 5.80. The second kappa shape index (κ2) is 13.1. The molecule has 0 bridgehead atoms. The number of carboxylic acid groups (broad SMARTS) is 1. The lowest BCUT2D eigenvalue weighted by atomic mass is 10.0. The van der Waals surface area contributed by atoms with Gasteiger partial charge in [0.1, 0.15) is 6.20 Å². The largest absolute Gasteiger partial charge is 0.477 e. The first-order valence-electron chi connectivity index (χ1n) is 10.8. The quantitative estimate of drug-likeness (QED) is 0.259. The van der Waals surface area contributed by atoms with E-state index in [-0.39, 0.29) is 0 Å². The van der Waals surface area contributed by atoms with Gasteiger partial charge in [0.25, 0.3) is 0 Å². The number of aliphatic carboxylic acids is 1. The number of hydrogen-bond acceptors (Lipinski definition) is 2. The monoisotopic (exact) mass is 365 g/mol. The van der Waals surface area contributed by atoms with E-state index in [2.05, 4.69) is 11.9 Å². The Morgan fingerprint density at radius 2 is 1.42 bits per heavy atom. The summed E-state index contributed by atoms with van der Waals surface area (Å²) in [5, 5.41) is 9.60. The molecule has 0 aliphatic carbocycles. The van der Waals surface area contributed by atoms with E-state index < -0.39 is 12.0 Å². The van der Waals surface area contributed by atoms with Gasteiger partial charge in [-0.2, -0.15) is 0 Å². The third-order valence-corrected chi connectivity index (χ3v) is 5.85. The lowest BCUT2D eigenvalue weighted by Gasteiger charge is -2.32. The molecule has 0 aromatic rings. The molecule has 1 aliphatic heterocycles. The van der Waals surface area contributed by atoms with E-state index in [0.717, 1.165) is 25.1 Å². The van der Waals surface area contributed by atoms with Gasteiger partial charge >= 0.3 is 5.97 Å². The third-order valence-electron chi connectivity index (χ3n) is 5.85. The van der Waals surface area contributed by atoms with E-state index in [1.165, 1.54) is 70.6 Å². The first-order chi connectivity index (χ1) is 12.5. The fraction of sp³-hybridized carbons (Fsp3) is 0.818. The zero-order valence-corrected chi connectivity index (χ0v) is 17.4. The second-order valence-electron chi connectivity index (χ2n) is 8.01. The van der Waals surface area contributed by atoms with Crippen LogP contribution in [0.4, 0.5) is 0 Å². The molecular formula is C22H41N2O2+. The summed E-state index contributed by atoms with van der Waals surface area (Å²) in [6.07, 6.45) is 21.4. The van der Waals surface area contributed by atoms with Gasteiger partial charge < -0.3 is 5.11 Å². The molecule has 0 aromatic heterocycles. The van der Waals surface area contributed by atoms with Crippen molar-refractivity contribution in [2.45, 2.75) is 110 Å². The Labute approximate surface area is 161 Å². The molecule has 2 unspecified atom stereocenters. The number of unbranched alkanes of at least 4 members (excludes halogenated alkanes) is 12. The van der Waals surface area contributed by atoms with Crippen LogP contribution in [0.3, 0.4) is 0 Å². The van der Waals surface area contributed by atoms with Crippen LogP contribution in [0.5, 0.6) is 0 Å². The van der Waals surface area contributed by atoms with E-state index in [0.29, 0.717) is 4.48 Å². The molecule has 0 saturated carbocycles. The Morgan fingerprint density at radius 3 is 1.81 bits per heavy atom. The minimum Gasteiger partial charge on any atom is -0.477 e. The Bertz CT molecular complexity index is 459. The van der Waals surface area contributed by atoms with Crippen molar-refractivity contribution in [3.05, 3.63) is 12.4 Å². The highest BCUT2D eigenvalue weighted by atomic mass is 16.4. The lowest BCUT2D eigenvalue weighted by molar-refractivity contribution is -0.784. The van der Waals surface area contributed by atoms with Gasteiger partial charge in [0.05, 0.1) is 13.2 Å². The van der Waals surface area contributed by atoms with E-state index in [1.807, 2.05) is 20.2 Å². The zero-order chi connectivity index (χ0) is 19.3. The average Bonchev–Trinajstić information content (AvgIpc) is 2.94. The summed E-state index contributed by atoms with van der Waals surface area (Å²) in [5.74, 6) is 0.152. The maximum Gasteiger partial charge on any atom is 0.363 e. The summed E-state index contributed by atoms with van der Waals surface area (Å²) >= 11 is 0. The van der Waals surface area contributed by atoms with Crippen LogP contribution in [0.15, 0.2) is 17.4 Å². The fourth-order valence-corrected chi connectivity index (χ4v) is 3.82. The smallest absolute Gasteiger partial charge is 0.363 e. The minimum absolute atomic E-state index is 0.327. The predicted octanol–water partition coefficient (Wildman–Crippen LogP) is 6.27. The summed E-state index contributed by atoms with van der Waals surface area (Å²) < 4.78 is 0.327. The maximum absolute atomic E-state index is 11.7. The molecule has 0 saturated heterocycles. The number of nitrogens with zero attached hydrogens (tertiary/aromatic N) is 2. The molecule has 4 heteroatoms. The summed E-state index contributed by atoms with van der Waals surface area (Å²) in [4.78, 5) is 15.9. The van der Waals surface area contributed by atoms with Gasteiger partial charge in [-0.05, 0) is 6.42 Å². The summed E-state index contributed by atoms with van der Waals surface area (Å²) in [5.41, 5.74) is 0. The zero-order valence-electron chi connectivity index (χ0n) is 17.4. The van der Waals surface area contributed by atoms with Crippen LogP contribution < -0.4 is 0 Å². The molecule has 0 amide bonds. The van der Waals surface area contributed by atoms with Gasteiger partial charge in [0.2, 0.25) is 5.84 Å². The number of hydrogen-bond donors (Lipinski definition) is 1. The number of carbonyl (C=O) groups is 1. The topological polar surface area (TPSA) is 49.7 Å². The molecule has 2 atom stereocenters. The van der Waals surface area contributed by atoms with Crippen LogP contribution in [-0.2, 0) is 4.79 Å². The van der Waals surface area contributed by atoms with Crippen LogP contribution in [0, 0.1) is 0 Å². The summed E-state index contributed by atoms with van der Waals surface area (Å²) in [6.45, 7) is 4.18. The Hall–Kier alpha value is -1.16. The van der Waals surface area contributed by atoms with Crippen molar-refractivity contribution in [1.82, 2.24) is 0 Å². The number of likely N-dealkylation sites (N-methyl/N-ethyl adjacent to an activating group) is 1. The summed E-state index contributed by atoms with van der Waals surface area (Å²) in [7, 11) is 1.95. The highest BCUT2D eigenvalue weighted by Crippen LogP contribution is 2.23. The van der Waals surface area contributed by atoms with Gasteiger partial charge in [-0.3, -0.25) is 0 Å². The Kier molecular flexibility index (Phi) is 11.5. The van der Waals surface area contributed by atoms with Crippen LogP contribution in [0.1, 0.15) is 104 Å².